The summed E-state index contributed by atoms with van der Waals surface area (Å²) in [6.45, 7) is 2.60. The van der Waals surface area contributed by atoms with E-state index in [-0.39, 0.29) is 23.1 Å². The summed E-state index contributed by atoms with van der Waals surface area (Å²) >= 11 is 0. The van der Waals surface area contributed by atoms with E-state index in [1.54, 1.807) is 18.3 Å². The molecule has 6 heteroatoms. The lowest BCUT2D eigenvalue weighted by Crippen LogP contribution is -2.48. The first-order valence-electron chi connectivity index (χ1n) is 9.30. The van der Waals surface area contributed by atoms with Crippen LogP contribution in [0, 0.1) is 11.7 Å². The second-order valence-electron chi connectivity index (χ2n) is 7.71. The molecule has 4 heterocycles. The van der Waals surface area contributed by atoms with E-state index in [4.69, 9.17) is 0 Å². The van der Waals surface area contributed by atoms with Gasteiger partial charge in [-0.15, -0.1) is 0 Å². The molecule has 0 spiro atoms. The fraction of sp³-hybridized carbons (Fsp3) is 0.333. The van der Waals surface area contributed by atoms with E-state index in [9.17, 15) is 14.0 Å². The highest BCUT2D eigenvalue weighted by molar-refractivity contribution is 6.08. The van der Waals surface area contributed by atoms with Gasteiger partial charge in [0, 0.05) is 60.0 Å². The normalized spacial score (nSPS) is 22.0. The highest BCUT2D eigenvalue weighted by Gasteiger charge is 2.35. The van der Waals surface area contributed by atoms with Crippen LogP contribution in [-0.4, -0.2) is 39.9 Å². The van der Waals surface area contributed by atoms with Crippen molar-refractivity contribution < 1.29 is 9.18 Å². The number of rotatable bonds is 3. The lowest BCUT2D eigenvalue weighted by Gasteiger charge is -2.42. The summed E-state index contributed by atoms with van der Waals surface area (Å²) in [7, 11) is 0. The minimum atomic E-state index is -0.342. The number of aromatic nitrogens is 2. The lowest BCUT2D eigenvalue weighted by molar-refractivity contribution is 0.0819. The van der Waals surface area contributed by atoms with Crippen LogP contribution in [0.5, 0.6) is 0 Å². The molecule has 0 unspecified atom stereocenters. The molecule has 2 aromatic heterocycles. The van der Waals surface area contributed by atoms with Crippen LogP contribution < -0.4 is 5.56 Å². The Hall–Kier alpha value is -2.73. The SMILES string of the molecule is O=C(CN1C[C@@H]2C[C@@H](C1)c1cccc(=O)n1C2)c1c[nH]c2ccc(F)cc12. The molecule has 0 aliphatic carbocycles. The van der Waals surface area contributed by atoms with Gasteiger partial charge in [-0.25, -0.2) is 4.39 Å². The van der Waals surface area contributed by atoms with Crippen LogP contribution in [0.25, 0.3) is 10.9 Å². The summed E-state index contributed by atoms with van der Waals surface area (Å²) < 4.78 is 15.5. The monoisotopic (exact) mass is 365 g/mol. The summed E-state index contributed by atoms with van der Waals surface area (Å²) in [5.74, 6) is 0.312. The number of nitrogens with one attached hydrogen (secondary N) is 1. The Labute approximate surface area is 155 Å². The molecule has 5 rings (SSSR count). The van der Waals surface area contributed by atoms with Crippen LogP contribution in [0.15, 0.2) is 47.4 Å². The van der Waals surface area contributed by atoms with Crippen molar-refractivity contribution in [2.24, 2.45) is 5.92 Å². The van der Waals surface area contributed by atoms with Gasteiger partial charge in [0.2, 0.25) is 0 Å². The Balaban J connectivity index is 1.38. The molecule has 1 saturated heterocycles. The standard InChI is InChI=1S/C21H20FN3O2/c22-15-4-5-18-16(7-15)17(8-23-18)20(26)12-24-9-13-6-14(11-24)19-2-1-3-21(27)25(19)10-13/h1-5,7-8,13-14,23H,6,9-12H2/t13-,14-/m0/s1. The van der Waals surface area contributed by atoms with Crippen molar-refractivity contribution in [2.75, 3.05) is 19.6 Å². The Morgan fingerprint density at radius 3 is 2.96 bits per heavy atom. The maximum absolute atomic E-state index is 13.6. The fourth-order valence-electron chi connectivity index (χ4n) is 4.74. The second-order valence-corrected chi connectivity index (χ2v) is 7.71. The van der Waals surface area contributed by atoms with Crippen molar-refractivity contribution in [3.63, 3.8) is 0 Å². The molecule has 5 nitrogen and oxygen atoms in total. The Morgan fingerprint density at radius 2 is 2.07 bits per heavy atom. The molecule has 138 valence electrons. The Bertz CT molecular complexity index is 1100. The first kappa shape index (κ1) is 16.4. The third-order valence-electron chi connectivity index (χ3n) is 5.87. The predicted molar refractivity (Wildman–Crippen MR) is 101 cm³/mol. The second kappa shape index (κ2) is 6.16. The van der Waals surface area contributed by atoms with Crippen LogP contribution >= 0.6 is 0 Å². The first-order valence-corrected chi connectivity index (χ1v) is 9.30. The fourth-order valence-corrected chi connectivity index (χ4v) is 4.74. The number of benzene rings is 1. The van der Waals surface area contributed by atoms with Crippen LogP contribution in [0.3, 0.4) is 0 Å². The number of fused-ring (bicyclic) bond motifs is 5. The zero-order chi connectivity index (χ0) is 18.5. The minimum Gasteiger partial charge on any atom is -0.360 e. The third kappa shape index (κ3) is 2.80. The summed E-state index contributed by atoms with van der Waals surface area (Å²) in [6, 6.07) is 9.91. The number of carbonyl (C=O) groups is 1. The number of Topliss-reactive ketones (excluding diaryl/α,β-unsaturated/α-hetero) is 1. The molecule has 0 radical (unpaired) electrons. The Kier molecular flexibility index (Phi) is 3.75. The van der Waals surface area contributed by atoms with E-state index >= 15 is 0 Å². The highest BCUT2D eigenvalue weighted by atomic mass is 19.1. The number of likely N-dealkylation sites (tertiary alicyclic amines) is 1. The summed E-state index contributed by atoms with van der Waals surface area (Å²) in [5, 5.41) is 0.633. The number of carbonyl (C=O) groups excluding carboxylic acids is 1. The maximum Gasteiger partial charge on any atom is 0.250 e. The van der Waals surface area contributed by atoms with E-state index in [1.165, 1.54) is 12.1 Å². The molecule has 2 bridgehead atoms. The number of hydrogen-bond acceptors (Lipinski definition) is 3. The summed E-state index contributed by atoms with van der Waals surface area (Å²) in [5.41, 5.74) is 2.44. The Morgan fingerprint density at radius 1 is 1.19 bits per heavy atom. The smallest absolute Gasteiger partial charge is 0.250 e. The number of pyridine rings is 1. The van der Waals surface area contributed by atoms with Crippen LogP contribution in [0.1, 0.15) is 28.4 Å². The van der Waals surface area contributed by atoms with Gasteiger partial charge in [-0.1, -0.05) is 6.07 Å². The van der Waals surface area contributed by atoms with Crippen molar-refractivity contribution in [1.82, 2.24) is 14.5 Å². The molecule has 3 aromatic rings. The van der Waals surface area contributed by atoms with Gasteiger partial charge in [0.1, 0.15) is 5.82 Å². The molecule has 1 aromatic carbocycles. The van der Waals surface area contributed by atoms with Crippen molar-refractivity contribution >= 4 is 16.7 Å². The van der Waals surface area contributed by atoms with Gasteiger partial charge < -0.3 is 9.55 Å². The first-order chi connectivity index (χ1) is 13.1. The number of piperidine rings is 1. The average molecular weight is 365 g/mol. The van der Waals surface area contributed by atoms with E-state index in [2.05, 4.69) is 9.88 Å². The molecule has 1 N–H and O–H groups in total. The predicted octanol–water partition coefficient (Wildman–Crippen LogP) is 2.77. The van der Waals surface area contributed by atoms with E-state index < -0.39 is 0 Å². The number of hydrogen-bond donors (Lipinski definition) is 1. The topological polar surface area (TPSA) is 58.1 Å². The molecule has 2 aliphatic rings. The van der Waals surface area contributed by atoms with Gasteiger partial charge in [-0.3, -0.25) is 14.5 Å². The van der Waals surface area contributed by atoms with Gasteiger partial charge in [0.25, 0.3) is 5.56 Å². The van der Waals surface area contributed by atoms with Crippen LogP contribution in [0.2, 0.25) is 0 Å². The highest BCUT2D eigenvalue weighted by Crippen LogP contribution is 2.35. The summed E-state index contributed by atoms with van der Waals surface area (Å²) in [4.78, 5) is 30.2. The zero-order valence-corrected chi connectivity index (χ0v) is 14.8. The van der Waals surface area contributed by atoms with Crippen LogP contribution in [-0.2, 0) is 6.54 Å². The average Bonchev–Trinajstić information content (AvgIpc) is 3.06. The lowest BCUT2D eigenvalue weighted by atomic mass is 9.83. The maximum atomic E-state index is 13.6. The van der Waals surface area contributed by atoms with Gasteiger partial charge in [0.05, 0.1) is 6.54 Å². The number of ketones is 1. The van der Waals surface area contributed by atoms with Crippen LogP contribution in [0.4, 0.5) is 4.39 Å². The number of aromatic amines is 1. The van der Waals surface area contributed by atoms with E-state index in [1.807, 2.05) is 16.7 Å². The van der Waals surface area contributed by atoms with Crippen molar-refractivity contribution in [1.29, 1.82) is 0 Å². The number of nitrogens with zero attached hydrogens (tertiary/aromatic N) is 2. The molecule has 2 atom stereocenters. The minimum absolute atomic E-state index is 0.00252. The quantitative estimate of drug-likeness (QED) is 0.726. The molecule has 0 saturated carbocycles. The van der Waals surface area contributed by atoms with Crippen molar-refractivity contribution in [3.8, 4) is 0 Å². The third-order valence-corrected chi connectivity index (χ3v) is 5.87. The molecule has 27 heavy (non-hydrogen) atoms. The van der Waals surface area contributed by atoms with Gasteiger partial charge in [-0.2, -0.15) is 0 Å². The van der Waals surface area contributed by atoms with E-state index in [0.717, 1.165) is 30.7 Å². The molecule has 1 fully saturated rings. The van der Waals surface area contributed by atoms with Gasteiger partial charge in [-0.05, 0) is 36.6 Å². The number of H-pyrrole nitrogens is 1. The molecular formula is C21H20FN3O2. The summed E-state index contributed by atoms with van der Waals surface area (Å²) in [6.07, 6.45) is 2.73. The van der Waals surface area contributed by atoms with Gasteiger partial charge >= 0.3 is 0 Å². The molecule has 2 aliphatic heterocycles. The van der Waals surface area contributed by atoms with Crippen molar-refractivity contribution in [2.45, 2.75) is 18.9 Å². The largest absolute Gasteiger partial charge is 0.360 e. The molecular weight excluding hydrogens is 345 g/mol. The van der Waals surface area contributed by atoms with E-state index in [0.29, 0.717) is 30.0 Å². The zero-order valence-electron chi connectivity index (χ0n) is 14.8. The number of halogens is 1. The van der Waals surface area contributed by atoms with Crippen molar-refractivity contribution in [3.05, 3.63) is 70.0 Å². The molecule has 0 amide bonds. The van der Waals surface area contributed by atoms with Gasteiger partial charge in [0.15, 0.2) is 5.78 Å².